The molecule has 6 nitrogen and oxygen atoms in total. The fourth-order valence-electron chi connectivity index (χ4n) is 1.65. The Kier molecular flexibility index (Phi) is 1.93. The fourth-order valence-corrected chi connectivity index (χ4v) is 3.23. The molecule has 0 aromatic heterocycles. The minimum Gasteiger partial charge on any atom is -0.393 e. The average Bonchev–Trinajstić information content (AvgIpc) is 2.36. The zero-order valence-electron chi connectivity index (χ0n) is 7.63. The molecule has 0 radical (unpaired) electrons. The summed E-state index contributed by atoms with van der Waals surface area (Å²) in [6.07, 6.45) is 0. The highest BCUT2D eigenvalue weighted by Crippen LogP contribution is 2.32. The summed E-state index contributed by atoms with van der Waals surface area (Å²) in [5.41, 5.74) is 6.28. The van der Waals surface area contributed by atoms with Crippen LogP contribution >= 0.6 is 0 Å². The van der Waals surface area contributed by atoms with Crippen LogP contribution in [0.2, 0.25) is 0 Å². The van der Waals surface area contributed by atoms with Gasteiger partial charge >= 0.3 is 0 Å². The molecular formula is C8H8N2O4S. The number of nitrogens with zero attached hydrogens (tertiary/aromatic N) is 1. The number of nitro benzene ring substituents is 1. The Labute approximate surface area is 85.8 Å². The van der Waals surface area contributed by atoms with Crippen molar-refractivity contribution in [2.45, 2.75) is 11.5 Å². The van der Waals surface area contributed by atoms with Crippen LogP contribution in [0.25, 0.3) is 0 Å². The molecule has 15 heavy (non-hydrogen) atoms. The van der Waals surface area contributed by atoms with Gasteiger partial charge in [0, 0.05) is 6.07 Å². The monoisotopic (exact) mass is 228 g/mol. The summed E-state index contributed by atoms with van der Waals surface area (Å²) < 4.78 is 22.5. The lowest BCUT2D eigenvalue weighted by atomic mass is 10.1. The molecule has 2 rings (SSSR count). The first-order valence-electron chi connectivity index (χ1n) is 4.15. The predicted molar refractivity (Wildman–Crippen MR) is 53.8 cm³/mol. The first-order chi connectivity index (χ1) is 6.89. The molecule has 0 saturated heterocycles. The molecular weight excluding hydrogens is 220 g/mol. The van der Waals surface area contributed by atoms with Gasteiger partial charge in [0.2, 0.25) is 0 Å². The van der Waals surface area contributed by atoms with Gasteiger partial charge in [-0.1, -0.05) is 0 Å². The molecule has 1 aromatic carbocycles. The van der Waals surface area contributed by atoms with E-state index in [4.69, 9.17) is 5.73 Å². The smallest absolute Gasteiger partial charge is 0.292 e. The van der Waals surface area contributed by atoms with Gasteiger partial charge in [-0.2, -0.15) is 0 Å². The highest BCUT2D eigenvalue weighted by atomic mass is 32.2. The third-order valence-electron chi connectivity index (χ3n) is 2.30. The molecule has 1 heterocycles. The molecule has 0 bridgehead atoms. The van der Waals surface area contributed by atoms with Crippen LogP contribution in [-0.2, 0) is 21.3 Å². The minimum atomic E-state index is -3.14. The fraction of sp³-hybridized carbons (Fsp3) is 0.250. The number of hydrogen-bond donors (Lipinski definition) is 1. The minimum absolute atomic E-state index is 0.0100. The van der Waals surface area contributed by atoms with Crippen LogP contribution in [-0.4, -0.2) is 13.3 Å². The summed E-state index contributed by atoms with van der Waals surface area (Å²) in [5.74, 6) is -0.214. The lowest BCUT2D eigenvalue weighted by Crippen LogP contribution is -1.97. The van der Waals surface area contributed by atoms with Gasteiger partial charge in [-0.25, -0.2) is 8.42 Å². The van der Waals surface area contributed by atoms with E-state index in [-0.39, 0.29) is 22.9 Å². The highest BCUT2D eigenvalue weighted by molar-refractivity contribution is 7.90. The van der Waals surface area contributed by atoms with Crippen molar-refractivity contribution in [2.75, 3.05) is 5.73 Å². The Morgan fingerprint density at radius 3 is 2.33 bits per heavy atom. The number of nitrogens with two attached hydrogens (primary N) is 1. The third-order valence-corrected chi connectivity index (χ3v) is 3.80. The van der Waals surface area contributed by atoms with E-state index in [2.05, 4.69) is 0 Å². The van der Waals surface area contributed by atoms with Crippen molar-refractivity contribution in [1.29, 1.82) is 0 Å². The number of nitrogen functional groups attached to an aromatic ring is 1. The van der Waals surface area contributed by atoms with Gasteiger partial charge < -0.3 is 5.73 Å². The third kappa shape index (κ3) is 1.65. The standard InChI is InChI=1S/C8H8N2O4S/c9-7-1-5-3-15(13,14)4-6(5)2-8(7)10(11)12/h1-2H,3-4,9H2. The molecule has 0 unspecified atom stereocenters. The normalized spacial score (nSPS) is 17.3. The summed E-state index contributed by atoms with van der Waals surface area (Å²) in [4.78, 5) is 9.95. The molecule has 1 aliphatic heterocycles. The van der Waals surface area contributed by atoms with Crippen molar-refractivity contribution in [3.05, 3.63) is 33.4 Å². The summed E-state index contributed by atoms with van der Waals surface area (Å²) >= 11 is 0. The van der Waals surface area contributed by atoms with E-state index in [9.17, 15) is 18.5 Å². The van der Waals surface area contributed by atoms with Gasteiger partial charge in [-0.3, -0.25) is 10.1 Å². The van der Waals surface area contributed by atoms with E-state index in [0.717, 1.165) is 0 Å². The van der Waals surface area contributed by atoms with Crippen LogP contribution in [0.4, 0.5) is 11.4 Å². The van der Waals surface area contributed by atoms with Gasteiger partial charge in [0.1, 0.15) is 5.69 Å². The van der Waals surface area contributed by atoms with Crippen molar-refractivity contribution in [1.82, 2.24) is 0 Å². The number of hydrogen-bond acceptors (Lipinski definition) is 5. The van der Waals surface area contributed by atoms with Gasteiger partial charge in [0.25, 0.3) is 5.69 Å². The maximum atomic E-state index is 11.3. The van der Waals surface area contributed by atoms with Gasteiger partial charge in [-0.15, -0.1) is 0 Å². The summed E-state index contributed by atoms with van der Waals surface area (Å²) in [5, 5.41) is 10.6. The van der Waals surface area contributed by atoms with E-state index in [1.807, 2.05) is 0 Å². The van der Waals surface area contributed by atoms with E-state index in [1.165, 1.54) is 12.1 Å². The van der Waals surface area contributed by atoms with Gasteiger partial charge in [0.05, 0.1) is 16.4 Å². The molecule has 1 aromatic rings. The zero-order valence-corrected chi connectivity index (χ0v) is 8.45. The average molecular weight is 228 g/mol. The van der Waals surface area contributed by atoms with Gasteiger partial charge in [-0.05, 0) is 17.2 Å². The molecule has 7 heteroatoms. The second kappa shape index (κ2) is 2.93. The van der Waals surface area contributed by atoms with Crippen molar-refractivity contribution < 1.29 is 13.3 Å². The number of benzene rings is 1. The molecule has 80 valence electrons. The van der Waals surface area contributed by atoms with Crippen LogP contribution in [0, 0.1) is 10.1 Å². The molecule has 0 fully saturated rings. The molecule has 1 aliphatic rings. The van der Waals surface area contributed by atoms with Crippen LogP contribution < -0.4 is 5.73 Å². The zero-order chi connectivity index (χ0) is 11.2. The van der Waals surface area contributed by atoms with E-state index in [1.54, 1.807) is 0 Å². The van der Waals surface area contributed by atoms with E-state index in [0.29, 0.717) is 11.1 Å². The molecule has 0 spiro atoms. The Balaban J connectivity index is 2.59. The second-order valence-corrected chi connectivity index (χ2v) is 5.53. The van der Waals surface area contributed by atoms with Crippen molar-refractivity contribution >= 4 is 21.2 Å². The topological polar surface area (TPSA) is 103 Å². The van der Waals surface area contributed by atoms with E-state index >= 15 is 0 Å². The van der Waals surface area contributed by atoms with Crippen LogP contribution in [0.3, 0.4) is 0 Å². The number of sulfone groups is 1. The lowest BCUT2D eigenvalue weighted by molar-refractivity contribution is -0.383. The Hall–Kier alpha value is -1.63. The quantitative estimate of drug-likeness (QED) is 0.430. The lowest BCUT2D eigenvalue weighted by Gasteiger charge is -2.00. The number of nitro groups is 1. The number of rotatable bonds is 1. The maximum absolute atomic E-state index is 11.3. The van der Waals surface area contributed by atoms with Crippen LogP contribution in [0.15, 0.2) is 12.1 Å². The van der Waals surface area contributed by atoms with Crippen molar-refractivity contribution in [2.24, 2.45) is 0 Å². The number of anilines is 1. The molecule has 0 aliphatic carbocycles. The first-order valence-corrected chi connectivity index (χ1v) is 5.97. The summed E-state index contributed by atoms with van der Waals surface area (Å²) in [6.45, 7) is 0. The summed E-state index contributed by atoms with van der Waals surface area (Å²) in [7, 11) is -3.14. The highest BCUT2D eigenvalue weighted by Gasteiger charge is 2.28. The van der Waals surface area contributed by atoms with Gasteiger partial charge in [0.15, 0.2) is 9.84 Å². The van der Waals surface area contributed by atoms with Crippen molar-refractivity contribution in [3.63, 3.8) is 0 Å². The first kappa shape index (κ1) is 9.91. The van der Waals surface area contributed by atoms with Crippen LogP contribution in [0.5, 0.6) is 0 Å². The predicted octanol–water partition coefficient (Wildman–Crippen LogP) is 0.605. The van der Waals surface area contributed by atoms with Crippen molar-refractivity contribution in [3.8, 4) is 0 Å². The maximum Gasteiger partial charge on any atom is 0.292 e. The number of fused-ring (bicyclic) bond motifs is 1. The molecule has 0 saturated carbocycles. The summed E-state index contributed by atoms with van der Waals surface area (Å²) in [6, 6.07) is 2.62. The SMILES string of the molecule is Nc1cc2c(cc1[N+](=O)[O-])CS(=O)(=O)C2. The Morgan fingerprint density at radius 1 is 1.27 bits per heavy atom. The molecule has 2 N–H and O–H groups in total. The largest absolute Gasteiger partial charge is 0.393 e. The van der Waals surface area contributed by atoms with E-state index < -0.39 is 14.8 Å². The second-order valence-electron chi connectivity index (χ2n) is 3.47. The molecule has 0 atom stereocenters. The van der Waals surface area contributed by atoms with Crippen LogP contribution in [0.1, 0.15) is 11.1 Å². The Bertz CT molecular complexity index is 550. The Morgan fingerprint density at radius 2 is 1.80 bits per heavy atom. The molecule has 0 amide bonds.